The highest BCUT2D eigenvalue weighted by atomic mass is 16.2. The Balaban J connectivity index is 1.64. The Morgan fingerprint density at radius 3 is 2.86 bits per heavy atom. The van der Waals surface area contributed by atoms with Crippen molar-refractivity contribution in [3.63, 3.8) is 0 Å². The SMILES string of the molecule is CC(C(=O)NCC1CCCCC1)n1nc2c(cc1=O)CCC2. The van der Waals surface area contributed by atoms with Gasteiger partial charge in [0.15, 0.2) is 0 Å². The molecule has 1 fully saturated rings. The number of carbonyl (C=O) groups excluding carboxylic acids is 1. The summed E-state index contributed by atoms with van der Waals surface area (Å²) < 4.78 is 1.35. The van der Waals surface area contributed by atoms with Crippen LogP contribution in [0, 0.1) is 5.92 Å². The van der Waals surface area contributed by atoms with Gasteiger partial charge < -0.3 is 5.32 Å². The number of fused-ring (bicyclic) bond motifs is 1. The van der Waals surface area contributed by atoms with Crippen LogP contribution >= 0.6 is 0 Å². The zero-order valence-electron chi connectivity index (χ0n) is 13.3. The van der Waals surface area contributed by atoms with E-state index in [9.17, 15) is 9.59 Å². The van der Waals surface area contributed by atoms with Crippen LogP contribution in [0.3, 0.4) is 0 Å². The van der Waals surface area contributed by atoms with Crippen LogP contribution in [0.15, 0.2) is 10.9 Å². The van der Waals surface area contributed by atoms with Gasteiger partial charge in [0.05, 0.1) is 5.69 Å². The molecule has 0 aromatic carbocycles. The molecule has 1 atom stereocenters. The van der Waals surface area contributed by atoms with E-state index in [-0.39, 0.29) is 11.5 Å². The van der Waals surface area contributed by atoms with E-state index >= 15 is 0 Å². The van der Waals surface area contributed by atoms with Gasteiger partial charge in [-0.1, -0.05) is 19.3 Å². The highest BCUT2D eigenvalue weighted by Gasteiger charge is 2.22. The summed E-state index contributed by atoms with van der Waals surface area (Å²) in [7, 11) is 0. The fourth-order valence-electron chi connectivity index (χ4n) is 3.59. The molecule has 1 heterocycles. The first-order chi connectivity index (χ1) is 10.6. The van der Waals surface area contributed by atoms with Crippen LogP contribution < -0.4 is 10.9 Å². The van der Waals surface area contributed by atoms with Crippen molar-refractivity contribution in [2.45, 2.75) is 64.3 Å². The molecule has 120 valence electrons. The third-order valence-electron chi connectivity index (χ3n) is 5.02. The van der Waals surface area contributed by atoms with Crippen molar-refractivity contribution < 1.29 is 4.79 Å². The molecule has 5 nitrogen and oxygen atoms in total. The van der Waals surface area contributed by atoms with Crippen LogP contribution in [0.1, 0.15) is 62.7 Å². The molecule has 1 unspecified atom stereocenters. The van der Waals surface area contributed by atoms with E-state index in [4.69, 9.17) is 0 Å². The minimum Gasteiger partial charge on any atom is -0.354 e. The Kier molecular flexibility index (Phi) is 4.60. The molecule has 1 aromatic rings. The fourth-order valence-corrected chi connectivity index (χ4v) is 3.59. The second-order valence-electron chi connectivity index (χ2n) is 6.68. The molecule has 0 aliphatic heterocycles. The summed E-state index contributed by atoms with van der Waals surface area (Å²) in [4.78, 5) is 24.5. The Morgan fingerprint density at radius 2 is 2.09 bits per heavy atom. The van der Waals surface area contributed by atoms with Gasteiger partial charge in [0.2, 0.25) is 5.91 Å². The zero-order chi connectivity index (χ0) is 15.5. The van der Waals surface area contributed by atoms with E-state index in [0.717, 1.165) is 37.1 Å². The van der Waals surface area contributed by atoms with Crippen LogP contribution in [0.25, 0.3) is 0 Å². The summed E-state index contributed by atoms with van der Waals surface area (Å²) >= 11 is 0. The Hall–Kier alpha value is -1.65. The monoisotopic (exact) mass is 303 g/mol. The van der Waals surface area contributed by atoms with Crippen LogP contribution in [0.5, 0.6) is 0 Å². The minimum absolute atomic E-state index is 0.0990. The van der Waals surface area contributed by atoms with Crippen LogP contribution in [-0.4, -0.2) is 22.2 Å². The third kappa shape index (κ3) is 3.23. The molecule has 3 rings (SSSR count). The maximum atomic E-state index is 12.3. The minimum atomic E-state index is -0.540. The third-order valence-corrected chi connectivity index (χ3v) is 5.02. The van der Waals surface area contributed by atoms with E-state index in [1.165, 1.54) is 36.8 Å². The van der Waals surface area contributed by atoms with Crippen LogP contribution in [0.2, 0.25) is 0 Å². The molecule has 0 spiro atoms. The maximum Gasteiger partial charge on any atom is 0.267 e. The molecular formula is C17H25N3O2. The fraction of sp³-hybridized carbons (Fsp3) is 0.706. The first-order valence-corrected chi connectivity index (χ1v) is 8.54. The van der Waals surface area contributed by atoms with Crippen molar-refractivity contribution in [1.29, 1.82) is 0 Å². The van der Waals surface area contributed by atoms with Crippen molar-refractivity contribution >= 4 is 5.91 Å². The zero-order valence-corrected chi connectivity index (χ0v) is 13.3. The van der Waals surface area contributed by atoms with Gasteiger partial charge in [0, 0.05) is 12.6 Å². The smallest absolute Gasteiger partial charge is 0.267 e. The molecule has 0 bridgehead atoms. The van der Waals surface area contributed by atoms with Crippen molar-refractivity contribution in [2.24, 2.45) is 5.92 Å². The highest BCUT2D eigenvalue weighted by molar-refractivity contribution is 5.79. The quantitative estimate of drug-likeness (QED) is 0.925. The topological polar surface area (TPSA) is 64.0 Å². The summed E-state index contributed by atoms with van der Waals surface area (Å²) in [6.45, 7) is 2.48. The largest absolute Gasteiger partial charge is 0.354 e. The average molecular weight is 303 g/mol. The molecule has 2 aliphatic rings. The number of aryl methyl sites for hydroxylation is 2. The van der Waals surface area contributed by atoms with Gasteiger partial charge in [0.25, 0.3) is 5.56 Å². The molecule has 5 heteroatoms. The summed E-state index contributed by atoms with van der Waals surface area (Å²) in [5, 5.41) is 7.42. The van der Waals surface area contributed by atoms with Gasteiger partial charge in [0.1, 0.15) is 6.04 Å². The van der Waals surface area contributed by atoms with E-state index < -0.39 is 6.04 Å². The maximum absolute atomic E-state index is 12.3. The van der Waals surface area contributed by atoms with Crippen LogP contribution in [-0.2, 0) is 17.6 Å². The lowest BCUT2D eigenvalue weighted by atomic mass is 9.89. The molecular weight excluding hydrogens is 278 g/mol. The molecule has 0 radical (unpaired) electrons. The molecule has 1 N–H and O–H groups in total. The van der Waals surface area contributed by atoms with Gasteiger partial charge in [-0.15, -0.1) is 0 Å². The van der Waals surface area contributed by atoms with Gasteiger partial charge in [-0.2, -0.15) is 5.10 Å². The standard InChI is InChI=1S/C17H25N3O2/c1-12(17(22)18-11-13-6-3-2-4-7-13)20-16(21)10-14-8-5-9-15(14)19-20/h10,12-13H,2-9,11H2,1H3,(H,18,22). The molecule has 22 heavy (non-hydrogen) atoms. The first-order valence-electron chi connectivity index (χ1n) is 8.54. The predicted octanol–water partition coefficient (Wildman–Crippen LogP) is 1.99. The second-order valence-corrected chi connectivity index (χ2v) is 6.68. The number of nitrogens with one attached hydrogen (secondary N) is 1. The van der Waals surface area contributed by atoms with E-state index in [2.05, 4.69) is 10.4 Å². The van der Waals surface area contributed by atoms with Gasteiger partial charge in [-0.05, 0) is 50.5 Å². The first kappa shape index (κ1) is 15.3. The van der Waals surface area contributed by atoms with Crippen molar-refractivity contribution in [2.75, 3.05) is 6.54 Å². The van der Waals surface area contributed by atoms with E-state index in [1.54, 1.807) is 13.0 Å². The van der Waals surface area contributed by atoms with Crippen molar-refractivity contribution in [3.8, 4) is 0 Å². The summed E-state index contributed by atoms with van der Waals surface area (Å²) in [5.41, 5.74) is 1.86. The summed E-state index contributed by atoms with van der Waals surface area (Å²) in [6, 6.07) is 1.11. The lowest BCUT2D eigenvalue weighted by Crippen LogP contribution is -2.39. The Bertz CT molecular complexity index is 602. The van der Waals surface area contributed by atoms with E-state index in [1.807, 2.05) is 0 Å². The average Bonchev–Trinajstić information content (AvgIpc) is 2.99. The number of nitrogens with zero attached hydrogens (tertiary/aromatic N) is 2. The number of carbonyl (C=O) groups is 1. The van der Waals surface area contributed by atoms with Gasteiger partial charge >= 0.3 is 0 Å². The Morgan fingerprint density at radius 1 is 1.32 bits per heavy atom. The molecule has 1 saturated carbocycles. The molecule has 1 amide bonds. The number of hydrogen-bond donors (Lipinski definition) is 1. The van der Waals surface area contributed by atoms with Crippen LogP contribution in [0.4, 0.5) is 0 Å². The predicted molar refractivity (Wildman–Crippen MR) is 84.8 cm³/mol. The van der Waals surface area contributed by atoms with Gasteiger partial charge in [-0.25, -0.2) is 4.68 Å². The molecule has 2 aliphatic carbocycles. The highest BCUT2D eigenvalue weighted by Crippen LogP contribution is 2.23. The molecule has 1 aromatic heterocycles. The lowest BCUT2D eigenvalue weighted by Gasteiger charge is -2.23. The Labute approximate surface area is 131 Å². The molecule has 0 saturated heterocycles. The summed E-state index contributed by atoms with van der Waals surface area (Å²) in [5.74, 6) is 0.493. The van der Waals surface area contributed by atoms with Crippen molar-refractivity contribution in [1.82, 2.24) is 15.1 Å². The number of amides is 1. The normalized spacial score (nSPS) is 19.7. The van der Waals surface area contributed by atoms with E-state index in [0.29, 0.717) is 5.92 Å². The second kappa shape index (κ2) is 6.63. The number of aromatic nitrogens is 2. The van der Waals surface area contributed by atoms with Gasteiger partial charge in [-0.3, -0.25) is 9.59 Å². The lowest BCUT2D eigenvalue weighted by molar-refractivity contribution is -0.124. The van der Waals surface area contributed by atoms with Crippen molar-refractivity contribution in [3.05, 3.63) is 27.7 Å². The summed E-state index contributed by atoms with van der Waals surface area (Å²) in [6.07, 6.45) is 9.14. The number of rotatable bonds is 4. The number of hydrogen-bond acceptors (Lipinski definition) is 3.